The van der Waals surface area contributed by atoms with Crippen LogP contribution in [0.1, 0.15) is 25.5 Å². The Kier molecular flexibility index (Phi) is 3.45. The van der Waals surface area contributed by atoms with Gasteiger partial charge in [0.1, 0.15) is 6.04 Å². The monoisotopic (exact) mass is 199 g/mol. The number of hydrogen-bond acceptors (Lipinski definition) is 3. The predicted octanol–water partition coefficient (Wildman–Crippen LogP) is 1.87. The highest BCUT2D eigenvalue weighted by Crippen LogP contribution is 2.16. The van der Waals surface area contributed by atoms with Crippen molar-refractivity contribution in [1.82, 2.24) is 5.32 Å². The molecule has 1 aromatic heterocycles. The van der Waals surface area contributed by atoms with E-state index < -0.39 is 12.0 Å². The summed E-state index contributed by atoms with van der Waals surface area (Å²) in [4.78, 5) is 10.9. The molecule has 0 aromatic carbocycles. The molecule has 13 heavy (non-hydrogen) atoms. The van der Waals surface area contributed by atoms with Crippen LogP contribution >= 0.6 is 11.3 Å². The molecule has 1 atom stereocenters. The molecule has 1 aromatic rings. The average molecular weight is 199 g/mol. The van der Waals surface area contributed by atoms with E-state index in [1.165, 1.54) is 11.3 Å². The van der Waals surface area contributed by atoms with E-state index in [2.05, 4.69) is 5.32 Å². The van der Waals surface area contributed by atoms with Crippen LogP contribution in [0.3, 0.4) is 0 Å². The van der Waals surface area contributed by atoms with E-state index in [1.807, 2.05) is 30.7 Å². The largest absolute Gasteiger partial charge is 0.480 e. The second-order valence-electron chi connectivity index (χ2n) is 3.15. The molecule has 2 N–H and O–H groups in total. The summed E-state index contributed by atoms with van der Waals surface area (Å²) >= 11 is 1.51. The first-order valence-corrected chi connectivity index (χ1v) is 5.06. The molecule has 0 radical (unpaired) electrons. The number of carboxylic acid groups (broad SMARTS) is 1. The molecule has 1 rings (SSSR count). The average Bonchev–Trinajstić information content (AvgIpc) is 2.50. The predicted molar refractivity (Wildman–Crippen MR) is 53.0 cm³/mol. The first-order valence-electron chi connectivity index (χ1n) is 4.12. The number of thiophene rings is 1. The zero-order valence-corrected chi connectivity index (χ0v) is 8.47. The maximum atomic E-state index is 10.9. The summed E-state index contributed by atoms with van der Waals surface area (Å²) in [5.41, 5.74) is 0.825. The molecule has 0 bridgehead atoms. The molecule has 3 nitrogen and oxygen atoms in total. The molecular formula is C9H13NO2S. The van der Waals surface area contributed by atoms with Crippen LogP contribution in [-0.2, 0) is 4.79 Å². The lowest BCUT2D eigenvalue weighted by atomic mass is 10.1. The van der Waals surface area contributed by atoms with Crippen molar-refractivity contribution in [2.45, 2.75) is 25.9 Å². The summed E-state index contributed by atoms with van der Waals surface area (Å²) in [6.07, 6.45) is 0. The van der Waals surface area contributed by atoms with Gasteiger partial charge in [0.2, 0.25) is 0 Å². The number of rotatable bonds is 4. The van der Waals surface area contributed by atoms with Crippen molar-refractivity contribution in [3.63, 3.8) is 0 Å². The Morgan fingerprint density at radius 1 is 1.62 bits per heavy atom. The molecule has 0 saturated heterocycles. The van der Waals surface area contributed by atoms with Gasteiger partial charge in [-0.1, -0.05) is 0 Å². The summed E-state index contributed by atoms with van der Waals surface area (Å²) in [6.45, 7) is 3.87. The van der Waals surface area contributed by atoms with Gasteiger partial charge in [0.15, 0.2) is 0 Å². The topological polar surface area (TPSA) is 49.3 Å². The number of hydrogen-bond donors (Lipinski definition) is 2. The first kappa shape index (κ1) is 10.2. The van der Waals surface area contributed by atoms with Crippen molar-refractivity contribution < 1.29 is 9.90 Å². The van der Waals surface area contributed by atoms with E-state index >= 15 is 0 Å². The Labute approximate surface area is 81.4 Å². The van der Waals surface area contributed by atoms with Crippen LogP contribution in [0, 0.1) is 0 Å². The second-order valence-corrected chi connectivity index (χ2v) is 3.93. The number of carbonyl (C=O) groups is 1. The fourth-order valence-electron chi connectivity index (χ4n) is 1.08. The summed E-state index contributed by atoms with van der Waals surface area (Å²) in [5, 5.41) is 15.7. The van der Waals surface area contributed by atoms with Gasteiger partial charge in [0, 0.05) is 6.04 Å². The molecule has 0 aliphatic heterocycles. The fraction of sp³-hybridized carbons (Fsp3) is 0.444. The Morgan fingerprint density at radius 2 is 2.31 bits per heavy atom. The van der Waals surface area contributed by atoms with Crippen LogP contribution in [-0.4, -0.2) is 17.1 Å². The lowest BCUT2D eigenvalue weighted by Crippen LogP contribution is -2.33. The lowest BCUT2D eigenvalue weighted by molar-refractivity contribution is -0.139. The number of nitrogens with one attached hydrogen (secondary N) is 1. The van der Waals surface area contributed by atoms with Crippen LogP contribution in [0.5, 0.6) is 0 Å². The van der Waals surface area contributed by atoms with Crippen molar-refractivity contribution in [3.05, 3.63) is 22.4 Å². The molecule has 0 fully saturated rings. The van der Waals surface area contributed by atoms with E-state index in [-0.39, 0.29) is 6.04 Å². The Morgan fingerprint density at radius 3 is 2.69 bits per heavy atom. The van der Waals surface area contributed by atoms with Gasteiger partial charge in [-0.2, -0.15) is 11.3 Å². The zero-order chi connectivity index (χ0) is 9.84. The van der Waals surface area contributed by atoms with Crippen LogP contribution in [0.4, 0.5) is 0 Å². The minimum atomic E-state index is -0.827. The van der Waals surface area contributed by atoms with Crippen LogP contribution in [0.25, 0.3) is 0 Å². The summed E-state index contributed by atoms with van der Waals surface area (Å²) in [5.74, 6) is -0.827. The van der Waals surface area contributed by atoms with Crippen LogP contribution in [0.2, 0.25) is 0 Å². The third kappa shape index (κ3) is 2.82. The van der Waals surface area contributed by atoms with E-state index in [0.717, 1.165) is 5.56 Å². The summed E-state index contributed by atoms with van der Waals surface area (Å²) in [7, 11) is 0. The minimum Gasteiger partial charge on any atom is -0.480 e. The molecule has 0 saturated carbocycles. The lowest BCUT2D eigenvalue weighted by Gasteiger charge is -2.15. The fourth-order valence-corrected chi connectivity index (χ4v) is 1.77. The van der Waals surface area contributed by atoms with Crippen molar-refractivity contribution >= 4 is 17.3 Å². The zero-order valence-electron chi connectivity index (χ0n) is 7.65. The maximum Gasteiger partial charge on any atom is 0.325 e. The SMILES string of the molecule is CC(C)NC(C(=O)O)c1ccsc1. The third-order valence-corrected chi connectivity index (χ3v) is 2.32. The van der Waals surface area contributed by atoms with E-state index in [1.54, 1.807) is 0 Å². The van der Waals surface area contributed by atoms with E-state index in [9.17, 15) is 4.79 Å². The molecular weight excluding hydrogens is 186 g/mol. The van der Waals surface area contributed by atoms with Crippen molar-refractivity contribution in [2.24, 2.45) is 0 Å². The van der Waals surface area contributed by atoms with Gasteiger partial charge in [-0.3, -0.25) is 10.1 Å². The highest BCUT2D eigenvalue weighted by Gasteiger charge is 2.20. The quantitative estimate of drug-likeness (QED) is 0.778. The van der Waals surface area contributed by atoms with E-state index in [0.29, 0.717) is 0 Å². The van der Waals surface area contributed by atoms with Gasteiger partial charge in [-0.05, 0) is 36.2 Å². The first-order chi connectivity index (χ1) is 6.11. The molecule has 0 aliphatic rings. The summed E-state index contributed by atoms with van der Waals surface area (Å²) < 4.78 is 0. The Bertz CT molecular complexity index is 269. The van der Waals surface area contributed by atoms with Crippen LogP contribution in [0.15, 0.2) is 16.8 Å². The second kappa shape index (κ2) is 4.39. The highest BCUT2D eigenvalue weighted by molar-refractivity contribution is 7.08. The molecule has 1 unspecified atom stereocenters. The number of carboxylic acids is 1. The van der Waals surface area contributed by atoms with Crippen molar-refractivity contribution in [1.29, 1.82) is 0 Å². The van der Waals surface area contributed by atoms with Gasteiger partial charge < -0.3 is 5.11 Å². The number of aliphatic carboxylic acids is 1. The molecule has 0 aliphatic carbocycles. The Hall–Kier alpha value is -0.870. The standard InChI is InChI=1S/C9H13NO2S/c1-6(2)10-8(9(11)12)7-3-4-13-5-7/h3-6,8,10H,1-2H3,(H,11,12). The van der Waals surface area contributed by atoms with Gasteiger partial charge >= 0.3 is 5.97 Å². The summed E-state index contributed by atoms with van der Waals surface area (Å²) in [6, 6.07) is 1.42. The molecule has 72 valence electrons. The maximum absolute atomic E-state index is 10.9. The highest BCUT2D eigenvalue weighted by atomic mass is 32.1. The molecule has 1 heterocycles. The molecule has 0 spiro atoms. The Balaban J connectivity index is 2.75. The minimum absolute atomic E-state index is 0.168. The molecule has 0 amide bonds. The van der Waals surface area contributed by atoms with Crippen molar-refractivity contribution in [3.8, 4) is 0 Å². The molecule has 4 heteroatoms. The smallest absolute Gasteiger partial charge is 0.325 e. The third-order valence-electron chi connectivity index (χ3n) is 1.62. The van der Waals surface area contributed by atoms with E-state index in [4.69, 9.17) is 5.11 Å². The van der Waals surface area contributed by atoms with Crippen molar-refractivity contribution in [2.75, 3.05) is 0 Å². The normalized spacial score (nSPS) is 13.2. The van der Waals surface area contributed by atoms with Gasteiger partial charge in [0.05, 0.1) is 0 Å². The van der Waals surface area contributed by atoms with Crippen LogP contribution < -0.4 is 5.32 Å². The van der Waals surface area contributed by atoms with Gasteiger partial charge in [-0.25, -0.2) is 0 Å². The van der Waals surface area contributed by atoms with Gasteiger partial charge in [0.25, 0.3) is 0 Å². The van der Waals surface area contributed by atoms with Gasteiger partial charge in [-0.15, -0.1) is 0 Å².